The highest BCUT2D eigenvalue weighted by Gasteiger charge is 2.33. The molecular formula is C29H34BrN3O5S. The first kappa shape index (κ1) is 30.2. The van der Waals surface area contributed by atoms with Crippen LogP contribution in [0.4, 0.5) is 5.69 Å². The molecule has 0 saturated carbocycles. The van der Waals surface area contributed by atoms with Crippen molar-refractivity contribution in [2.24, 2.45) is 0 Å². The zero-order valence-corrected chi connectivity index (χ0v) is 25.0. The number of carbonyl (C=O) groups excluding carboxylic acids is 2. The predicted octanol–water partition coefficient (Wildman–Crippen LogP) is 4.90. The van der Waals surface area contributed by atoms with Crippen molar-refractivity contribution in [2.45, 2.75) is 44.7 Å². The molecule has 0 fully saturated rings. The highest BCUT2D eigenvalue weighted by atomic mass is 79.9. The number of hydrogen-bond acceptors (Lipinski definition) is 5. The van der Waals surface area contributed by atoms with E-state index < -0.39 is 28.5 Å². The fraction of sp³-hybridized carbons (Fsp3) is 0.310. The summed E-state index contributed by atoms with van der Waals surface area (Å²) in [6.07, 6.45) is 0.361. The Bertz CT molecular complexity index is 1380. The zero-order chi connectivity index (χ0) is 28.6. The van der Waals surface area contributed by atoms with Crippen LogP contribution in [0.25, 0.3) is 0 Å². The second-order valence-electron chi connectivity index (χ2n) is 8.94. The molecule has 39 heavy (non-hydrogen) atoms. The number of rotatable bonds is 12. The van der Waals surface area contributed by atoms with Crippen LogP contribution in [0, 0.1) is 6.92 Å². The summed E-state index contributed by atoms with van der Waals surface area (Å²) >= 11 is 3.34. The number of sulfonamides is 1. The van der Waals surface area contributed by atoms with Crippen molar-refractivity contribution < 1.29 is 22.7 Å². The zero-order valence-electron chi connectivity index (χ0n) is 22.6. The number of anilines is 1. The molecule has 0 radical (unpaired) electrons. The van der Waals surface area contributed by atoms with Gasteiger partial charge in [0.25, 0.3) is 10.0 Å². The molecular weight excluding hydrogens is 582 g/mol. The van der Waals surface area contributed by atoms with Gasteiger partial charge in [-0.05, 0) is 74.4 Å². The lowest BCUT2D eigenvalue weighted by molar-refractivity contribution is -0.140. The van der Waals surface area contributed by atoms with E-state index >= 15 is 0 Å². The maximum Gasteiger partial charge on any atom is 0.264 e. The van der Waals surface area contributed by atoms with E-state index in [1.165, 1.54) is 24.1 Å². The lowest BCUT2D eigenvalue weighted by Crippen LogP contribution is -2.51. The molecule has 0 aromatic heterocycles. The Morgan fingerprint density at radius 1 is 1.00 bits per heavy atom. The highest BCUT2D eigenvalue weighted by Crippen LogP contribution is 2.27. The number of ether oxygens (including phenoxy) is 1. The minimum Gasteiger partial charge on any atom is -0.494 e. The van der Waals surface area contributed by atoms with Gasteiger partial charge in [0.2, 0.25) is 11.8 Å². The summed E-state index contributed by atoms with van der Waals surface area (Å²) in [6.45, 7) is 5.75. The Morgan fingerprint density at radius 2 is 1.67 bits per heavy atom. The number of hydrogen-bond donors (Lipinski definition) is 1. The minimum atomic E-state index is -4.14. The van der Waals surface area contributed by atoms with Crippen LogP contribution in [0.2, 0.25) is 0 Å². The largest absolute Gasteiger partial charge is 0.494 e. The summed E-state index contributed by atoms with van der Waals surface area (Å²) < 4.78 is 35.1. The Morgan fingerprint density at radius 3 is 2.23 bits per heavy atom. The fourth-order valence-corrected chi connectivity index (χ4v) is 5.91. The third-order valence-corrected chi connectivity index (χ3v) is 8.50. The van der Waals surface area contributed by atoms with Gasteiger partial charge >= 0.3 is 0 Å². The monoisotopic (exact) mass is 615 g/mol. The van der Waals surface area contributed by atoms with Crippen molar-refractivity contribution in [3.63, 3.8) is 0 Å². The number of nitrogens with zero attached hydrogens (tertiary/aromatic N) is 2. The van der Waals surface area contributed by atoms with Crippen LogP contribution < -0.4 is 14.4 Å². The molecule has 8 nitrogen and oxygen atoms in total. The first-order chi connectivity index (χ1) is 18.6. The number of halogens is 1. The molecule has 0 aliphatic heterocycles. The summed E-state index contributed by atoms with van der Waals surface area (Å²) in [6, 6.07) is 19.7. The van der Waals surface area contributed by atoms with E-state index in [-0.39, 0.29) is 17.3 Å². The van der Waals surface area contributed by atoms with Crippen molar-refractivity contribution in [3.05, 3.63) is 88.4 Å². The van der Waals surface area contributed by atoms with Gasteiger partial charge in [-0.1, -0.05) is 52.7 Å². The minimum absolute atomic E-state index is 0.0379. The van der Waals surface area contributed by atoms with Gasteiger partial charge in [-0.15, -0.1) is 0 Å². The maximum atomic E-state index is 13.9. The third-order valence-electron chi connectivity index (χ3n) is 6.18. The maximum absolute atomic E-state index is 13.9. The molecule has 208 valence electrons. The smallest absolute Gasteiger partial charge is 0.264 e. The molecule has 3 aromatic carbocycles. The first-order valence-corrected chi connectivity index (χ1v) is 14.9. The molecule has 10 heteroatoms. The van der Waals surface area contributed by atoms with Gasteiger partial charge in [-0.3, -0.25) is 13.9 Å². The number of aryl methyl sites for hydroxylation is 1. The van der Waals surface area contributed by atoms with Gasteiger partial charge in [0, 0.05) is 18.1 Å². The molecule has 0 spiro atoms. The summed E-state index contributed by atoms with van der Waals surface area (Å²) in [4.78, 5) is 28.2. The van der Waals surface area contributed by atoms with Crippen LogP contribution in [0.3, 0.4) is 0 Å². The van der Waals surface area contributed by atoms with E-state index in [4.69, 9.17) is 4.74 Å². The lowest BCUT2D eigenvalue weighted by Gasteiger charge is -2.33. The number of carbonyl (C=O) groups is 2. The molecule has 0 aliphatic rings. The van der Waals surface area contributed by atoms with Crippen LogP contribution in [0.15, 0.2) is 82.2 Å². The van der Waals surface area contributed by atoms with E-state index in [0.29, 0.717) is 24.5 Å². The number of benzene rings is 3. The Hall–Kier alpha value is -3.37. The van der Waals surface area contributed by atoms with Gasteiger partial charge in [0.1, 0.15) is 18.3 Å². The second-order valence-corrected chi connectivity index (χ2v) is 11.7. The van der Waals surface area contributed by atoms with E-state index in [2.05, 4.69) is 21.2 Å². The molecule has 1 N–H and O–H groups in total. The molecule has 0 bridgehead atoms. The van der Waals surface area contributed by atoms with Gasteiger partial charge < -0.3 is 15.0 Å². The van der Waals surface area contributed by atoms with Crippen LogP contribution in [-0.2, 0) is 26.2 Å². The average Bonchev–Trinajstić information content (AvgIpc) is 2.92. The first-order valence-electron chi connectivity index (χ1n) is 12.7. The van der Waals surface area contributed by atoms with Crippen LogP contribution in [0.5, 0.6) is 5.75 Å². The average molecular weight is 617 g/mol. The van der Waals surface area contributed by atoms with Crippen molar-refractivity contribution >= 4 is 43.5 Å². The fourth-order valence-electron chi connectivity index (χ4n) is 4.23. The molecule has 3 aromatic rings. The molecule has 0 heterocycles. The number of nitrogens with one attached hydrogen (secondary N) is 1. The quantitative estimate of drug-likeness (QED) is 0.312. The standard InChI is InChI=1S/C29H34BrN3O5S/c1-5-27(29(35)31-4)32(19-22-9-7-8-21(3)18-22)28(34)20-33(24-12-14-25(15-13-24)38-6-2)39(36,37)26-16-10-23(30)11-17-26/h7-18,27H,5-6,19-20H2,1-4H3,(H,31,35)/t27-/m0/s1. The van der Waals surface area contributed by atoms with Gasteiger partial charge in [-0.25, -0.2) is 8.42 Å². The van der Waals surface area contributed by atoms with Crippen molar-refractivity contribution in [2.75, 3.05) is 24.5 Å². The molecule has 0 aliphatic carbocycles. The summed E-state index contributed by atoms with van der Waals surface area (Å²) in [5, 5.41) is 2.63. The Labute approximate surface area is 239 Å². The van der Waals surface area contributed by atoms with Crippen LogP contribution in [0.1, 0.15) is 31.4 Å². The molecule has 3 rings (SSSR count). The normalized spacial score (nSPS) is 11.9. The van der Waals surface area contributed by atoms with E-state index in [9.17, 15) is 18.0 Å². The summed E-state index contributed by atoms with van der Waals surface area (Å²) in [5.41, 5.74) is 2.16. The molecule has 2 amide bonds. The van der Waals surface area contributed by atoms with Gasteiger partial charge in [0.05, 0.1) is 17.2 Å². The topological polar surface area (TPSA) is 96.0 Å². The van der Waals surface area contributed by atoms with E-state index in [1.807, 2.05) is 45.0 Å². The highest BCUT2D eigenvalue weighted by molar-refractivity contribution is 9.10. The third kappa shape index (κ3) is 7.60. The number of likely N-dealkylation sites (N-methyl/N-ethyl adjacent to an activating group) is 1. The van der Waals surface area contributed by atoms with E-state index in [1.54, 1.807) is 36.4 Å². The SMILES string of the molecule is CCOc1ccc(N(CC(=O)N(Cc2cccc(C)c2)[C@@H](CC)C(=O)NC)S(=O)(=O)c2ccc(Br)cc2)cc1. The summed E-state index contributed by atoms with van der Waals surface area (Å²) in [7, 11) is -2.62. The van der Waals surface area contributed by atoms with Gasteiger partial charge in [-0.2, -0.15) is 0 Å². The van der Waals surface area contributed by atoms with Crippen molar-refractivity contribution in [3.8, 4) is 5.75 Å². The van der Waals surface area contributed by atoms with Crippen molar-refractivity contribution in [1.29, 1.82) is 0 Å². The Balaban J connectivity index is 2.06. The van der Waals surface area contributed by atoms with Crippen molar-refractivity contribution in [1.82, 2.24) is 10.2 Å². The number of amides is 2. The van der Waals surface area contributed by atoms with Crippen LogP contribution >= 0.6 is 15.9 Å². The second kappa shape index (κ2) is 13.6. The van der Waals surface area contributed by atoms with Crippen LogP contribution in [-0.4, -0.2) is 51.4 Å². The summed E-state index contributed by atoms with van der Waals surface area (Å²) in [5.74, 6) is -0.233. The predicted molar refractivity (Wildman–Crippen MR) is 156 cm³/mol. The van der Waals surface area contributed by atoms with Gasteiger partial charge in [0.15, 0.2) is 0 Å². The lowest BCUT2D eigenvalue weighted by atomic mass is 10.1. The molecule has 0 saturated heterocycles. The molecule has 1 atom stereocenters. The van der Waals surface area contributed by atoms with E-state index in [0.717, 1.165) is 19.9 Å². The Kier molecular flexibility index (Phi) is 10.5. The molecule has 0 unspecified atom stereocenters.